The van der Waals surface area contributed by atoms with E-state index >= 15 is 0 Å². The topological polar surface area (TPSA) is 66.8 Å². The molecule has 1 amide bonds. The van der Waals surface area contributed by atoms with E-state index in [1.165, 1.54) is 4.90 Å². The van der Waals surface area contributed by atoms with Crippen LogP contribution in [0, 0.1) is 0 Å². The first-order valence-corrected chi connectivity index (χ1v) is 6.82. The summed E-state index contributed by atoms with van der Waals surface area (Å²) in [5.41, 5.74) is -1.06. The van der Waals surface area contributed by atoms with Gasteiger partial charge in [0.2, 0.25) is 0 Å². The van der Waals surface area contributed by atoms with Crippen LogP contribution in [0.4, 0.5) is 0 Å². The Morgan fingerprint density at radius 2 is 2.05 bits per heavy atom. The van der Waals surface area contributed by atoms with Crippen molar-refractivity contribution >= 4 is 11.9 Å². The molecule has 1 fully saturated rings. The van der Waals surface area contributed by atoms with E-state index in [1.807, 2.05) is 18.2 Å². The molecular formula is C15H19NO4. The molecule has 1 heterocycles. The van der Waals surface area contributed by atoms with Crippen LogP contribution in [0.25, 0.3) is 0 Å². The normalized spacial score (nSPS) is 21.8. The third-order valence-electron chi connectivity index (χ3n) is 3.88. The van der Waals surface area contributed by atoms with Gasteiger partial charge in [0.05, 0.1) is 0 Å². The highest BCUT2D eigenvalue weighted by Gasteiger charge is 2.48. The van der Waals surface area contributed by atoms with E-state index in [9.17, 15) is 14.7 Å². The van der Waals surface area contributed by atoms with Crippen molar-refractivity contribution in [3.8, 4) is 5.75 Å². The molecule has 1 aromatic carbocycles. The van der Waals surface area contributed by atoms with Gasteiger partial charge in [0, 0.05) is 6.54 Å². The third-order valence-corrected chi connectivity index (χ3v) is 3.88. The Kier molecular flexibility index (Phi) is 4.27. The van der Waals surface area contributed by atoms with Crippen molar-refractivity contribution in [1.82, 2.24) is 4.90 Å². The number of rotatable bonds is 5. The number of carboxylic acids is 1. The second kappa shape index (κ2) is 5.94. The first kappa shape index (κ1) is 14.4. The summed E-state index contributed by atoms with van der Waals surface area (Å²) in [6, 6.07) is 9.04. The molecule has 0 radical (unpaired) electrons. The van der Waals surface area contributed by atoms with Gasteiger partial charge in [0.1, 0.15) is 11.3 Å². The summed E-state index contributed by atoms with van der Waals surface area (Å²) in [4.78, 5) is 25.2. The van der Waals surface area contributed by atoms with Crippen LogP contribution in [-0.2, 0) is 9.59 Å². The highest BCUT2D eigenvalue weighted by atomic mass is 16.5. The molecule has 0 saturated carbocycles. The predicted octanol–water partition coefficient (Wildman–Crippen LogP) is 1.92. The quantitative estimate of drug-likeness (QED) is 0.893. The first-order valence-electron chi connectivity index (χ1n) is 6.82. The monoisotopic (exact) mass is 277 g/mol. The minimum Gasteiger partial charge on any atom is -0.484 e. The summed E-state index contributed by atoms with van der Waals surface area (Å²) >= 11 is 0. The number of nitrogens with zero attached hydrogens (tertiary/aromatic N) is 1. The van der Waals surface area contributed by atoms with Crippen LogP contribution in [0.15, 0.2) is 30.3 Å². The number of ether oxygens (including phenoxy) is 1. The van der Waals surface area contributed by atoms with Gasteiger partial charge in [-0.1, -0.05) is 25.1 Å². The molecule has 0 bridgehead atoms. The summed E-state index contributed by atoms with van der Waals surface area (Å²) in [5, 5.41) is 9.43. The number of hydrogen-bond donors (Lipinski definition) is 1. The molecule has 5 nitrogen and oxygen atoms in total. The Morgan fingerprint density at radius 1 is 1.35 bits per heavy atom. The van der Waals surface area contributed by atoms with Gasteiger partial charge in [0.25, 0.3) is 5.91 Å². The number of likely N-dealkylation sites (tertiary alicyclic amines) is 1. The lowest BCUT2D eigenvalue weighted by Gasteiger charge is -2.33. The van der Waals surface area contributed by atoms with Crippen LogP contribution < -0.4 is 4.74 Å². The van der Waals surface area contributed by atoms with Crippen molar-refractivity contribution in [2.24, 2.45) is 0 Å². The van der Waals surface area contributed by atoms with E-state index in [2.05, 4.69) is 0 Å². The van der Waals surface area contributed by atoms with Gasteiger partial charge in [-0.15, -0.1) is 0 Å². The van der Waals surface area contributed by atoms with Gasteiger partial charge < -0.3 is 14.7 Å². The van der Waals surface area contributed by atoms with Crippen LogP contribution in [0.1, 0.15) is 26.2 Å². The Labute approximate surface area is 118 Å². The number of para-hydroxylation sites is 1. The summed E-state index contributed by atoms with van der Waals surface area (Å²) in [5.74, 6) is -0.585. The molecule has 0 aromatic heterocycles. The standard InChI is InChI=1S/C15H19NO4/c1-2-15(14(18)19)9-6-10-16(15)13(17)11-20-12-7-4-3-5-8-12/h3-5,7-8H,2,6,9-11H2,1H3,(H,18,19). The molecule has 1 saturated heterocycles. The molecule has 1 atom stereocenters. The van der Waals surface area contributed by atoms with Gasteiger partial charge in [-0.25, -0.2) is 4.79 Å². The molecule has 1 aliphatic rings. The number of carbonyl (C=O) groups is 2. The lowest BCUT2D eigenvalue weighted by atomic mass is 9.93. The van der Waals surface area contributed by atoms with Crippen molar-refractivity contribution in [2.75, 3.05) is 13.2 Å². The molecule has 1 aliphatic heterocycles. The number of carboxylic acid groups (broad SMARTS) is 1. The van der Waals surface area contributed by atoms with Crippen LogP contribution in [0.3, 0.4) is 0 Å². The number of carbonyl (C=O) groups excluding carboxylic acids is 1. The zero-order chi connectivity index (χ0) is 14.6. The maximum absolute atomic E-state index is 12.2. The first-order chi connectivity index (χ1) is 9.60. The molecule has 2 rings (SSSR count). The van der Waals surface area contributed by atoms with Crippen LogP contribution in [0.5, 0.6) is 5.75 Å². The third kappa shape index (κ3) is 2.61. The molecule has 5 heteroatoms. The molecule has 0 spiro atoms. The summed E-state index contributed by atoms with van der Waals surface area (Å²) in [6.07, 6.45) is 1.65. The molecule has 1 aromatic rings. The molecule has 1 N–H and O–H groups in total. The van der Waals surface area contributed by atoms with E-state index in [1.54, 1.807) is 19.1 Å². The van der Waals surface area contributed by atoms with Gasteiger partial charge in [-0.3, -0.25) is 4.79 Å². The van der Waals surface area contributed by atoms with Crippen LogP contribution >= 0.6 is 0 Å². The van der Waals surface area contributed by atoms with Crippen LogP contribution in [-0.4, -0.2) is 40.6 Å². The highest BCUT2D eigenvalue weighted by Crippen LogP contribution is 2.32. The van der Waals surface area contributed by atoms with E-state index < -0.39 is 11.5 Å². The largest absolute Gasteiger partial charge is 0.484 e. The van der Waals surface area contributed by atoms with Gasteiger partial charge >= 0.3 is 5.97 Å². The fraction of sp³-hybridized carbons (Fsp3) is 0.467. The molecule has 1 unspecified atom stereocenters. The molecular weight excluding hydrogens is 258 g/mol. The molecule has 108 valence electrons. The van der Waals surface area contributed by atoms with E-state index in [0.29, 0.717) is 25.1 Å². The van der Waals surface area contributed by atoms with Crippen molar-refractivity contribution in [3.63, 3.8) is 0 Å². The minimum atomic E-state index is -1.06. The van der Waals surface area contributed by atoms with E-state index in [0.717, 1.165) is 6.42 Å². The average molecular weight is 277 g/mol. The lowest BCUT2D eigenvalue weighted by Crippen LogP contribution is -2.53. The SMILES string of the molecule is CCC1(C(=O)O)CCCN1C(=O)COc1ccccc1. The predicted molar refractivity (Wildman–Crippen MR) is 73.5 cm³/mol. The average Bonchev–Trinajstić information content (AvgIpc) is 2.91. The highest BCUT2D eigenvalue weighted by molar-refractivity contribution is 5.88. The van der Waals surface area contributed by atoms with Gasteiger partial charge in [0.15, 0.2) is 6.61 Å². The summed E-state index contributed by atoms with van der Waals surface area (Å²) in [6.45, 7) is 2.16. The maximum atomic E-state index is 12.2. The second-order valence-corrected chi connectivity index (χ2v) is 4.94. The Hall–Kier alpha value is -2.04. The lowest BCUT2D eigenvalue weighted by molar-refractivity contribution is -0.157. The zero-order valence-corrected chi connectivity index (χ0v) is 11.5. The smallest absolute Gasteiger partial charge is 0.329 e. The van der Waals surface area contributed by atoms with E-state index in [4.69, 9.17) is 4.74 Å². The van der Waals surface area contributed by atoms with E-state index in [-0.39, 0.29) is 12.5 Å². The van der Waals surface area contributed by atoms with Gasteiger partial charge in [-0.2, -0.15) is 0 Å². The van der Waals surface area contributed by atoms with Crippen molar-refractivity contribution in [2.45, 2.75) is 31.7 Å². The van der Waals surface area contributed by atoms with Crippen molar-refractivity contribution < 1.29 is 19.4 Å². The number of benzene rings is 1. The van der Waals surface area contributed by atoms with Gasteiger partial charge in [-0.05, 0) is 31.4 Å². The van der Waals surface area contributed by atoms with Crippen LogP contribution in [0.2, 0.25) is 0 Å². The van der Waals surface area contributed by atoms with Crippen molar-refractivity contribution in [3.05, 3.63) is 30.3 Å². The minimum absolute atomic E-state index is 0.126. The number of amides is 1. The Morgan fingerprint density at radius 3 is 2.65 bits per heavy atom. The fourth-order valence-corrected chi connectivity index (χ4v) is 2.72. The Bertz CT molecular complexity index is 488. The maximum Gasteiger partial charge on any atom is 0.329 e. The Balaban J connectivity index is 2.03. The fourth-order valence-electron chi connectivity index (χ4n) is 2.72. The summed E-state index contributed by atoms with van der Waals surface area (Å²) in [7, 11) is 0. The summed E-state index contributed by atoms with van der Waals surface area (Å²) < 4.78 is 5.41. The number of aliphatic carboxylic acids is 1. The second-order valence-electron chi connectivity index (χ2n) is 4.94. The zero-order valence-electron chi connectivity index (χ0n) is 11.5. The number of hydrogen-bond acceptors (Lipinski definition) is 3. The van der Waals surface area contributed by atoms with Crippen molar-refractivity contribution in [1.29, 1.82) is 0 Å². The molecule has 0 aliphatic carbocycles. The molecule has 20 heavy (non-hydrogen) atoms.